The van der Waals surface area contributed by atoms with Crippen molar-refractivity contribution in [2.45, 2.75) is 38.1 Å². The summed E-state index contributed by atoms with van der Waals surface area (Å²) in [5.74, 6) is 1.22. The summed E-state index contributed by atoms with van der Waals surface area (Å²) in [4.78, 5) is 43.5. The second-order valence-corrected chi connectivity index (χ2v) is 12.5. The standard InChI is InChI=1S/C26H32N8O5S2/c1-4-39-24(36)21-16(2)29-26(40-21)32-25-30-22-19(23(31-25)34-13-11-28-20(35)15-34)6-5-12-33(22)14-17-7-9-18(10-8-17)41(37,38)27-3/h7-10,27H,4-6,11-15H2,1-3H3,(H,28,35)(H,29,30,31,32). The van der Waals surface area contributed by atoms with Crippen LogP contribution in [-0.2, 0) is 32.5 Å². The fourth-order valence-corrected chi connectivity index (χ4v) is 6.42. The van der Waals surface area contributed by atoms with Gasteiger partial charge < -0.3 is 19.9 Å². The number of fused-ring (bicyclic) bond motifs is 1. The first-order valence-electron chi connectivity index (χ1n) is 13.3. The topological polar surface area (TPSA) is 159 Å². The van der Waals surface area contributed by atoms with Gasteiger partial charge in [-0.2, -0.15) is 9.97 Å². The van der Waals surface area contributed by atoms with Crippen molar-refractivity contribution in [1.82, 2.24) is 25.0 Å². The Morgan fingerprint density at radius 3 is 2.61 bits per heavy atom. The number of benzene rings is 1. The molecule has 1 saturated heterocycles. The van der Waals surface area contributed by atoms with Crippen LogP contribution in [0.15, 0.2) is 29.2 Å². The lowest BCUT2D eigenvalue weighted by atomic mass is 10.0. The Morgan fingerprint density at radius 2 is 1.90 bits per heavy atom. The molecule has 0 saturated carbocycles. The third-order valence-corrected chi connectivity index (χ3v) is 9.29. The molecule has 1 fully saturated rings. The van der Waals surface area contributed by atoms with E-state index >= 15 is 0 Å². The van der Waals surface area contributed by atoms with Gasteiger partial charge in [0.15, 0.2) is 5.13 Å². The lowest BCUT2D eigenvalue weighted by Crippen LogP contribution is -2.48. The minimum atomic E-state index is -3.53. The van der Waals surface area contributed by atoms with Crippen molar-refractivity contribution < 1.29 is 22.7 Å². The number of ether oxygens (including phenoxy) is 1. The molecule has 218 valence electrons. The minimum absolute atomic E-state index is 0.0722. The molecule has 2 aliphatic rings. The van der Waals surface area contributed by atoms with Gasteiger partial charge in [-0.05, 0) is 51.4 Å². The van der Waals surface area contributed by atoms with Crippen LogP contribution in [-0.4, -0.2) is 75.1 Å². The summed E-state index contributed by atoms with van der Waals surface area (Å²) in [5, 5.41) is 6.48. The molecule has 1 aromatic carbocycles. The molecular formula is C26H32N8O5S2. The van der Waals surface area contributed by atoms with Gasteiger partial charge in [0.1, 0.15) is 16.5 Å². The van der Waals surface area contributed by atoms with Gasteiger partial charge in [-0.1, -0.05) is 23.5 Å². The number of carbonyl (C=O) groups excluding carboxylic acids is 2. The maximum Gasteiger partial charge on any atom is 0.350 e. The van der Waals surface area contributed by atoms with E-state index in [9.17, 15) is 18.0 Å². The zero-order valence-electron chi connectivity index (χ0n) is 23.1. The quantitative estimate of drug-likeness (QED) is 0.308. The third kappa shape index (κ3) is 6.26. The fraction of sp³-hybridized carbons (Fsp3) is 0.423. The van der Waals surface area contributed by atoms with E-state index < -0.39 is 16.0 Å². The molecular weight excluding hydrogens is 568 g/mol. The number of rotatable bonds is 9. The van der Waals surface area contributed by atoms with Crippen LogP contribution < -0.4 is 25.2 Å². The number of carbonyl (C=O) groups is 2. The number of amides is 1. The maximum atomic E-state index is 12.3. The van der Waals surface area contributed by atoms with E-state index in [0.29, 0.717) is 47.1 Å². The number of sulfonamides is 1. The second kappa shape index (κ2) is 12.0. The van der Waals surface area contributed by atoms with Gasteiger partial charge in [0.05, 0.1) is 23.7 Å². The third-order valence-electron chi connectivity index (χ3n) is 6.81. The Balaban J connectivity index is 1.49. The highest BCUT2D eigenvalue weighted by molar-refractivity contribution is 7.89. The van der Waals surface area contributed by atoms with Gasteiger partial charge in [-0.15, -0.1) is 0 Å². The number of hydrogen-bond acceptors (Lipinski definition) is 12. The smallest absolute Gasteiger partial charge is 0.350 e. The first kappa shape index (κ1) is 28.7. The molecule has 0 spiro atoms. The number of thiazole rings is 1. The van der Waals surface area contributed by atoms with Crippen molar-refractivity contribution in [2.24, 2.45) is 0 Å². The summed E-state index contributed by atoms with van der Waals surface area (Å²) in [6.45, 7) is 6.32. The first-order valence-corrected chi connectivity index (χ1v) is 15.6. The number of aromatic nitrogens is 3. The van der Waals surface area contributed by atoms with E-state index in [-0.39, 0.29) is 24.0 Å². The highest BCUT2D eigenvalue weighted by Gasteiger charge is 2.29. The van der Waals surface area contributed by atoms with Gasteiger partial charge in [0.25, 0.3) is 0 Å². The highest BCUT2D eigenvalue weighted by Crippen LogP contribution is 2.36. The molecule has 3 aromatic rings. The molecule has 5 rings (SSSR count). The van der Waals surface area contributed by atoms with Crippen LogP contribution in [0.4, 0.5) is 22.7 Å². The lowest BCUT2D eigenvalue weighted by molar-refractivity contribution is -0.120. The normalized spacial score (nSPS) is 15.3. The minimum Gasteiger partial charge on any atom is -0.462 e. The predicted octanol–water partition coefficient (Wildman–Crippen LogP) is 1.96. The number of esters is 1. The monoisotopic (exact) mass is 600 g/mol. The van der Waals surface area contributed by atoms with E-state index in [2.05, 4.69) is 25.2 Å². The van der Waals surface area contributed by atoms with Crippen LogP contribution in [0, 0.1) is 6.92 Å². The Labute approximate surface area is 242 Å². The predicted molar refractivity (Wildman–Crippen MR) is 155 cm³/mol. The molecule has 4 heterocycles. The summed E-state index contributed by atoms with van der Waals surface area (Å²) < 4.78 is 31.8. The molecule has 0 atom stereocenters. The Bertz CT molecular complexity index is 1560. The number of nitrogens with one attached hydrogen (secondary N) is 3. The molecule has 0 unspecified atom stereocenters. The highest BCUT2D eigenvalue weighted by atomic mass is 32.2. The molecule has 0 bridgehead atoms. The Morgan fingerprint density at radius 1 is 1.15 bits per heavy atom. The van der Waals surface area contributed by atoms with Crippen LogP contribution in [0.1, 0.15) is 39.8 Å². The van der Waals surface area contributed by atoms with Gasteiger partial charge in [0.2, 0.25) is 21.9 Å². The van der Waals surface area contributed by atoms with Gasteiger partial charge >= 0.3 is 5.97 Å². The summed E-state index contributed by atoms with van der Waals surface area (Å²) >= 11 is 1.17. The van der Waals surface area contributed by atoms with E-state index in [1.54, 1.807) is 38.1 Å². The number of aryl methyl sites for hydroxylation is 1. The summed E-state index contributed by atoms with van der Waals surface area (Å²) in [7, 11) is -2.15. The molecule has 3 N–H and O–H groups in total. The van der Waals surface area contributed by atoms with E-state index in [0.717, 1.165) is 36.3 Å². The summed E-state index contributed by atoms with van der Waals surface area (Å²) in [6.07, 6.45) is 1.62. The van der Waals surface area contributed by atoms with Crippen LogP contribution in [0.5, 0.6) is 0 Å². The van der Waals surface area contributed by atoms with Gasteiger partial charge in [0, 0.05) is 31.7 Å². The van der Waals surface area contributed by atoms with E-state index in [1.807, 2.05) is 4.90 Å². The van der Waals surface area contributed by atoms with E-state index in [4.69, 9.17) is 14.7 Å². The fourth-order valence-electron chi connectivity index (χ4n) is 4.83. The van der Waals surface area contributed by atoms with Crippen LogP contribution in [0.3, 0.4) is 0 Å². The Hall–Kier alpha value is -3.82. The summed E-state index contributed by atoms with van der Waals surface area (Å²) in [6, 6.07) is 6.76. The number of anilines is 4. The zero-order valence-corrected chi connectivity index (χ0v) is 24.7. The van der Waals surface area contributed by atoms with Crippen molar-refractivity contribution in [3.63, 3.8) is 0 Å². The Kier molecular flexibility index (Phi) is 8.37. The molecule has 13 nitrogen and oxygen atoms in total. The SMILES string of the molecule is CCOC(=O)c1sc(Nc2nc(N3CCNC(=O)C3)c3c(n2)N(Cc2ccc(S(=O)(=O)NC)cc2)CCC3)nc1C. The van der Waals surface area contributed by atoms with Crippen LogP contribution >= 0.6 is 11.3 Å². The number of piperazine rings is 1. The number of hydrogen-bond donors (Lipinski definition) is 3. The average molecular weight is 601 g/mol. The molecule has 0 aliphatic carbocycles. The van der Waals surface area contributed by atoms with Gasteiger partial charge in [-0.25, -0.2) is 22.9 Å². The van der Waals surface area contributed by atoms with Crippen molar-refractivity contribution in [2.75, 3.05) is 55.0 Å². The first-order chi connectivity index (χ1) is 19.7. The molecule has 41 heavy (non-hydrogen) atoms. The number of nitrogens with zero attached hydrogens (tertiary/aromatic N) is 5. The van der Waals surface area contributed by atoms with Crippen LogP contribution in [0.25, 0.3) is 0 Å². The van der Waals surface area contributed by atoms with E-state index in [1.165, 1.54) is 18.4 Å². The van der Waals surface area contributed by atoms with Gasteiger partial charge in [-0.3, -0.25) is 10.1 Å². The maximum absolute atomic E-state index is 12.3. The molecule has 2 aromatic heterocycles. The molecule has 1 amide bonds. The van der Waals surface area contributed by atoms with Crippen molar-refractivity contribution >= 4 is 56.0 Å². The van der Waals surface area contributed by atoms with Crippen molar-refractivity contribution in [1.29, 1.82) is 0 Å². The largest absolute Gasteiger partial charge is 0.462 e. The van der Waals surface area contributed by atoms with Crippen LogP contribution in [0.2, 0.25) is 0 Å². The lowest BCUT2D eigenvalue weighted by Gasteiger charge is -2.35. The summed E-state index contributed by atoms with van der Waals surface area (Å²) in [5.41, 5.74) is 2.43. The molecule has 0 radical (unpaired) electrons. The second-order valence-electron chi connectivity index (χ2n) is 9.60. The molecule has 15 heteroatoms. The van der Waals surface area contributed by atoms with Crippen molar-refractivity contribution in [3.8, 4) is 0 Å². The molecule has 2 aliphatic heterocycles. The zero-order chi connectivity index (χ0) is 29.1. The van der Waals surface area contributed by atoms with Crippen molar-refractivity contribution in [3.05, 3.63) is 46.0 Å². The average Bonchev–Trinajstić information content (AvgIpc) is 3.33.